The van der Waals surface area contributed by atoms with Gasteiger partial charge >= 0.3 is 0 Å². The molecule has 1 unspecified atom stereocenters. The van der Waals surface area contributed by atoms with Crippen LogP contribution in [0.4, 0.5) is 4.39 Å². The maximum atomic E-state index is 14.8. The van der Waals surface area contributed by atoms with Crippen LogP contribution in [0.5, 0.6) is 11.5 Å². The first-order chi connectivity index (χ1) is 21.0. The van der Waals surface area contributed by atoms with Gasteiger partial charge in [0.15, 0.2) is 15.7 Å². The number of fused-ring (bicyclic) bond motifs is 1. The van der Waals surface area contributed by atoms with E-state index in [4.69, 9.17) is 14.5 Å². The van der Waals surface area contributed by atoms with Crippen LogP contribution in [-0.2, 0) is 21.3 Å². The predicted octanol–water partition coefficient (Wildman–Crippen LogP) is 7.22. The lowest BCUT2D eigenvalue weighted by Crippen LogP contribution is -2.22. The zero-order chi connectivity index (χ0) is 31.5. The van der Waals surface area contributed by atoms with E-state index in [0.29, 0.717) is 40.5 Å². The highest BCUT2D eigenvalue weighted by Gasteiger charge is 2.24. The van der Waals surface area contributed by atoms with Gasteiger partial charge in [0, 0.05) is 38.1 Å². The van der Waals surface area contributed by atoms with E-state index in [-0.39, 0.29) is 28.7 Å². The molecule has 2 heterocycles. The van der Waals surface area contributed by atoms with Gasteiger partial charge in [0.1, 0.15) is 35.8 Å². The molecule has 5 aromatic rings. The summed E-state index contributed by atoms with van der Waals surface area (Å²) in [7, 11) is -4.71. The van der Waals surface area contributed by atoms with Gasteiger partial charge in [-0.05, 0) is 54.6 Å². The summed E-state index contributed by atoms with van der Waals surface area (Å²) >= 11 is 0. The van der Waals surface area contributed by atoms with E-state index in [2.05, 4.69) is 24.6 Å². The summed E-state index contributed by atoms with van der Waals surface area (Å²) in [5.74, 6) is 0.603. The molecule has 3 aromatic carbocycles. The summed E-state index contributed by atoms with van der Waals surface area (Å²) in [4.78, 5) is 9.55. The molecule has 5 rings (SSSR count). The monoisotopic (exact) mass is 633 g/mol. The highest BCUT2D eigenvalue weighted by molar-refractivity contribution is 7.91. The first-order valence-corrected chi connectivity index (χ1v) is 19.8. The van der Waals surface area contributed by atoms with E-state index in [1.54, 1.807) is 49.5 Å². The number of pyridine rings is 1. The van der Waals surface area contributed by atoms with Crippen LogP contribution in [0.2, 0.25) is 25.7 Å². The van der Waals surface area contributed by atoms with Crippen molar-refractivity contribution in [3.05, 3.63) is 102 Å². The van der Waals surface area contributed by atoms with E-state index >= 15 is 0 Å². The minimum atomic E-state index is -3.39. The number of halogens is 1. The normalized spacial score (nSPS) is 12.9. The van der Waals surface area contributed by atoms with Crippen LogP contribution in [0.15, 0.2) is 90.0 Å². The maximum absolute atomic E-state index is 14.8. The van der Waals surface area contributed by atoms with Crippen molar-refractivity contribution >= 4 is 28.9 Å². The Hall–Kier alpha value is -3.90. The molecule has 8 nitrogen and oxygen atoms in total. The van der Waals surface area contributed by atoms with Crippen LogP contribution < -0.4 is 4.74 Å². The zero-order valence-electron chi connectivity index (χ0n) is 25.2. The highest BCUT2D eigenvalue weighted by atomic mass is 32.2. The number of benzene rings is 3. The summed E-state index contributed by atoms with van der Waals surface area (Å²) < 4.78 is 53.8. The first-order valence-electron chi connectivity index (χ1n) is 14.4. The lowest BCUT2D eigenvalue weighted by molar-refractivity contribution is 0.0909. The molecule has 230 valence electrons. The van der Waals surface area contributed by atoms with Gasteiger partial charge < -0.3 is 14.6 Å². The number of imidazole rings is 1. The highest BCUT2D eigenvalue weighted by Crippen LogP contribution is 2.38. The maximum Gasteiger partial charge on any atom is 0.178 e. The minimum absolute atomic E-state index is 0.0224. The smallest absolute Gasteiger partial charge is 0.178 e. The summed E-state index contributed by atoms with van der Waals surface area (Å²) in [6, 6.07) is 22.1. The molecule has 0 amide bonds. The number of aliphatic hydroxyl groups is 1. The molecule has 0 aliphatic rings. The number of ether oxygens (including phenoxy) is 2. The largest absolute Gasteiger partial charge is 0.457 e. The Balaban J connectivity index is 1.63. The molecule has 0 bridgehead atoms. The molecule has 44 heavy (non-hydrogen) atoms. The Bertz CT molecular complexity index is 1860. The second kappa shape index (κ2) is 13.0. The van der Waals surface area contributed by atoms with E-state index < -0.39 is 29.8 Å². The fourth-order valence-corrected chi connectivity index (χ4v) is 6.34. The molecule has 1 atom stereocenters. The van der Waals surface area contributed by atoms with Crippen LogP contribution in [0.1, 0.15) is 24.2 Å². The van der Waals surface area contributed by atoms with Crippen molar-refractivity contribution in [1.82, 2.24) is 14.5 Å². The van der Waals surface area contributed by atoms with Gasteiger partial charge in [-0.2, -0.15) is 0 Å². The average Bonchev–Trinajstić information content (AvgIpc) is 3.36. The van der Waals surface area contributed by atoms with Crippen molar-refractivity contribution in [2.75, 3.05) is 12.4 Å². The van der Waals surface area contributed by atoms with Crippen molar-refractivity contribution in [2.45, 2.75) is 50.3 Å². The van der Waals surface area contributed by atoms with Crippen LogP contribution in [-0.4, -0.2) is 48.5 Å². The van der Waals surface area contributed by atoms with Crippen LogP contribution in [0, 0.1) is 5.82 Å². The Morgan fingerprint density at radius 1 is 0.977 bits per heavy atom. The second-order valence-electron chi connectivity index (χ2n) is 11.7. The van der Waals surface area contributed by atoms with Gasteiger partial charge in [0.2, 0.25) is 0 Å². The number of nitrogens with zero attached hydrogens (tertiary/aromatic N) is 3. The van der Waals surface area contributed by atoms with Gasteiger partial charge in [0.25, 0.3) is 0 Å². The number of hydrogen-bond acceptors (Lipinski definition) is 7. The fraction of sp³-hybridized carbons (Fsp3) is 0.273. The Labute approximate surface area is 258 Å². The Morgan fingerprint density at radius 3 is 2.36 bits per heavy atom. The molecule has 2 aromatic heterocycles. The van der Waals surface area contributed by atoms with E-state index in [1.807, 2.05) is 22.8 Å². The molecular formula is C33H36FN3O5SSi. The SMILES string of the molecule is CCS(=O)(=O)c1ccc(Oc2cc3c(cc2C(O)c2ccccc2F)nc(-c2ccccn2)n3COCC[Si](C)(C)C)cc1. The molecule has 0 aliphatic heterocycles. The molecule has 0 fully saturated rings. The summed E-state index contributed by atoms with van der Waals surface area (Å²) in [5, 5.41) is 11.4. The summed E-state index contributed by atoms with van der Waals surface area (Å²) in [6.45, 7) is 9.26. The fourth-order valence-electron chi connectivity index (χ4n) is 4.70. The third-order valence-electron chi connectivity index (χ3n) is 7.28. The lowest BCUT2D eigenvalue weighted by Gasteiger charge is -2.18. The van der Waals surface area contributed by atoms with Crippen molar-refractivity contribution in [2.24, 2.45) is 0 Å². The van der Waals surface area contributed by atoms with Gasteiger partial charge in [0.05, 0.1) is 21.7 Å². The van der Waals surface area contributed by atoms with Crippen LogP contribution in [0.3, 0.4) is 0 Å². The van der Waals surface area contributed by atoms with Crippen LogP contribution in [0.25, 0.3) is 22.6 Å². The molecule has 0 spiro atoms. The van der Waals surface area contributed by atoms with Crippen molar-refractivity contribution in [1.29, 1.82) is 0 Å². The molecule has 11 heteroatoms. The second-order valence-corrected chi connectivity index (χ2v) is 19.6. The molecule has 0 saturated carbocycles. The van der Waals surface area contributed by atoms with Crippen LogP contribution >= 0.6 is 0 Å². The Morgan fingerprint density at radius 2 is 1.70 bits per heavy atom. The van der Waals surface area contributed by atoms with E-state index in [9.17, 15) is 17.9 Å². The summed E-state index contributed by atoms with van der Waals surface area (Å²) in [6.07, 6.45) is 0.321. The number of aliphatic hydroxyl groups excluding tert-OH is 1. The zero-order valence-corrected chi connectivity index (χ0v) is 27.0. The quantitative estimate of drug-likeness (QED) is 0.114. The summed E-state index contributed by atoms with van der Waals surface area (Å²) in [5.41, 5.74) is 2.23. The van der Waals surface area contributed by atoms with Crippen molar-refractivity contribution in [3.8, 4) is 23.0 Å². The van der Waals surface area contributed by atoms with E-state index in [0.717, 1.165) is 6.04 Å². The van der Waals surface area contributed by atoms with Gasteiger partial charge in [-0.25, -0.2) is 17.8 Å². The van der Waals surface area contributed by atoms with Gasteiger partial charge in [-0.3, -0.25) is 9.55 Å². The molecule has 1 N–H and O–H groups in total. The molecule has 0 saturated heterocycles. The third-order valence-corrected chi connectivity index (χ3v) is 10.7. The lowest BCUT2D eigenvalue weighted by atomic mass is 9.99. The van der Waals surface area contributed by atoms with E-state index in [1.165, 1.54) is 24.3 Å². The topological polar surface area (TPSA) is 104 Å². The minimum Gasteiger partial charge on any atom is -0.457 e. The number of hydrogen-bond donors (Lipinski definition) is 1. The Kier molecular flexibility index (Phi) is 9.30. The first kappa shape index (κ1) is 31.5. The molecular weight excluding hydrogens is 598 g/mol. The molecule has 0 aliphatic carbocycles. The van der Waals surface area contributed by atoms with Crippen molar-refractivity contribution in [3.63, 3.8) is 0 Å². The van der Waals surface area contributed by atoms with Gasteiger partial charge in [-0.15, -0.1) is 0 Å². The average molecular weight is 634 g/mol. The number of aromatic nitrogens is 3. The molecule has 0 radical (unpaired) electrons. The number of sulfone groups is 1. The van der Waals surface area contributed by atoms with Crippen molar-refractivity contribution < 1.29 is 27.4 Å². The predicted molar refractivity (Wildman–Crippen MR) is 172 cm³/mol. The third kappa shape index (κ3) is 7.07. The standard InChI is InChI=1S/C33H36FN3O5SSi/c1-5-43(39,40)24-15-13-23(14-16-24)42-31-21-30-29(20-26(31)32(38)25-10-6-7-11-27(25)34)36-33(28-12-8-9-17-35-28)37(30)22-41-18-19-44(2,3)4/h6-17,20-21,32,38H,5,18-19,22H2,1-4H3. The number of rotatable bonds is 12. The van der Waals surface area contributed by atoms with Gasteiger partial charge in [-0.1, -0.05) is 50.8 Å².